The number of rotatable bonds is 2. The van der Waals surface area contributed by atoms with Crippen molar-refractivity contribution in [1.82, 2.24) is 4.98 Å². The van der Waals surface area contributed by atoms with Gasteiger partial charge in [-0.15, -0.1) is 11.3 Å². The lowest BCUT2D eigenvalue weighted by Gasteiger charge is -2.07. The molecule has 1 aliphatic carbocycles. The number of ketones is 2. The first-order chi connectivity index (χ1) is 15.9. The van der Waals surface area contributed by atoms with Crippen molar-refractivity contribution in [3.8, 4) is 11.5 Å². The number of hydrogen-bond donors (Lipinski definition) is 0. The van der Waals surface area contributed by atoms with Crippen LogP contribution in [-0.2, 0) is 0 Å². The lowest BCUT2D eigenvalue weighted by Crippen LogP contribution is -1.99. The smallest absolute Gasteiger partial charge is 0.228 e. The Morgan fingerprint density at radius 2 is 1.45 bits per heavy atom. The van der Waals surface area contributed by atoms with E-state index in [9.17, 15) is 9.59 Å². The number of benzene rings is 3. The highest BCUT2D eigenvalue weighted by Crippen LogP contribution is 2.36. The van der Waals surface area contributed by atoms with Crippen molar-refractivity contribution in [2.45, 2.75) is 20.8 Å². The Hall–Kier alpha value is -3.83. The number of aryl methyl sites for hydroxylation is 3. The molecule has 0 radical (unpaired) electrons. The van der Waals surface area contributed by atoms with Crippen molar-refractivity contribution in [3.63, 3.8) is 0 Å². The third kappa shape index (κ3) is 3.08. The summed E-state index contributed by atoms with van der Waals surface area (Å²) in [7, 11) is 0. The molecule has 0 amide bonds. The third-order valence-corrected chi connectivity index (χ3v) is 7.11. The fourth-order valence-corrected chi connectivity index (χ4v) is 5.63. The molecule has 6 rings (SSSR count). The molecule has 160 valence electrons. The van der Waals surface area contributed by atoms with Crippen LogP contribution in [-0.4, -0.2) is 16.6 Å². The van der Waals surface area contributed by atoms with E-state index < -0.39 is 0 Å². The first-order valence-electron chi connectivity index (χ1n) is 10.7. The quantitative estimate of drug-likeness (QED) is 0.213. The first-order valence-corrected chi connectivity index (χ1v) is 11.5. The second kappa shape index (κ2) is 7.09. The molecular weight excluding hydrogens is 430 g/mol. The molecule has 0 N–H and O–H groups in total. The molecule has 0 saturated carbocycles. The van der Waals surface area contributed by atoms with Crippen molar-refractivity contribution in [1.29, 1.82) is 0 Å². The standard InChI is InChI=1S/C28H19NO3S/c1-14-8-15(2)24(16(3)9-14)27-29-28-23(32-27)13-19(33-28)12-22-25(30)20-10-17-6-4-5-7-18(17)11-21(20)26(22)31/h4-13H,1-3H3. The van der Waals surface area contributed by atoms with Gasteiger partial charge in [0.15, 0.2) is 22.0 Å². The highest BCUT2D eigenvalue weighted by Gasteiger charge is 2.33. The number of Topliss-reactive ketones (excluding diaryl/α,β-unsaturated/α-hetero) is 2. The minimum Gasteiger partial charge on any atom is -0.435 e. The van der Waals surface area contributed by atoms with Crippen molar-refractivity contribution >= 4 is 50.2 Å². The second-order valence-electron chi connectivity index (χ2n) is 8.57. The van der Waals surface area contributed by atoms with Crippen LogP contribution >= 0.6 is 11.3 Å². The molecule has 4 nitrogen and oxygen atoms in total. The minimum atomic E-state index is -0.231. The lowest BCUT2D eigenvalue weighted by atomic mass is 10.00. The Kier molecular flexibility index (Phi) is 4.26. The summed E-state index contributed by atoms with van der Waals surface area (Å²) >= 11 is 1.41. The fourth-order valence-electron chi connectivity index (χ4n) is 4.73. The minimum absolute atomic E-state index is 0.189. The number of allylic oxidation sites excluding steroid dienone is 1. The Labute approximate surface area is 194 Å². The Morgan fingerprint density at radius 3 is 2.03 bits per heavy atom. The predicted molar refractivity (Wildman–Crippen MR) is 132 cm³/mol. The summed E-state index contributed by atoms with van der Waals surface area (Å²) in [5, 5.41) is 1.90. The van der Waals surface area contributed by atoms with Gasteiger partial charge >= 0.3 is 0 Å². The van der Waals surface area contributed by atoms with E-state index in [0.29, 0.717) is 22.6 Å². The second-order valence-corrected chi connectivity index (χ2v) is 9.63. The topological polar surface area (TPSA) is 60.2 Å². The van der Waals surface area contributed by atoms with Crippen LogP contribution in [0.3, 0.4) is 0 Å². The van der Waals surface area contributed by atoms with Crippen molar-refractivity contribution in [2.24, 2.45) is 0 Å². The zero-order chi connectivity index (χ0) is 22.9. The molecule has 0 saturated heterocycles. The van der Waals surface area contributed by atoms with Gasteiger partial charge in [-0.1, -0.05) is 42.0 Å². The van der Waals surface area contributed by atoms with Crippen LogP contribution in [0.4, 0.5) is 0 Å². The van der Waals surface area contributed by atoms with E-state index in [1.54, 1.807) is 6.08 Å². The number of nitrogens with zero attached hydrogens (tertiary/aromatic N) is 1. The highest BCUT2D eigenvalue weighted by atomic mass is 32.1. The maximum atomic E-state index is 13.0. The molecule has 1 aliphatic rings. The Bertz CT molecular complexity index is 1570. The van der Waals surface area contributed by atoms with Crippen molar-refractivity contribution < 1.29 is 14.0 Å². The number of carbonyl (C=O) groups excluding carboxylic acids is 2. The largest absolute Gasteiger partial charge is 0.435 e. The van der Waals surface area contributed by atoms with E-state index in [1.165, 1.54) is 16.9 Å². The van der Waals surface area contributed by atoms with Gasteiger partial charge in [0.25, 0.3) is 0 Å². The summed E-state index contributed by atoms with van der Waals surface area (Å²) < 4.78 is 6.07. The molecule has 0 fully saturated rings. The monoisotopic (exact) mass is 449 g/mol. The fraction of sp³-hybridized carbons (Fsp3) is 0.107. The normalized spacial score (nSPS) is 13.4. The molecule has 3 aromatic carbocycles. The molecule has 5 aromatic rings. The Morgan fingerprint density at radius 1 is 0.848 bits per heavy atom. The van der Waals surface area contributed by atoms with E-state index in [0.717, 1.165) is 37.2 Å². The first kappa shape index (κ1) is 19.8. The number of fused-ring (bicyclic) bond motifs is 3. The predicted octanol–water partition coefficient (Wildman–Crippen LogP) is 7.10. The van der Waals surface area contributed by atoms with Crippen LogP contribution in [0.2, 0.25) is 0 Å². The molecule has 2 aromatic heterocycles. The molecule has 0 bridgehead atoms. The average Bonchev–Trinajstić information content (AvgIpc) is 3.39. The number of oxazole rings is 1. The number of hydrogen-bond acceptors (Lipinski definition) is 5. The molecule has 2 heterocycles. The van der Waals surface area contributed by atoms with Crippen LogP contribution in [0.25, 0.3) is 38.7 Å². The van der Waals surface area contributed by atoms with Crippen LogP contribution < -0.4 is 0 Å². The third-order valence-electron chi connectivity index (χ3n) is 6.15. The van der Waals surface area contributed by atoms with E-state index >= 15 is 0 Å². The summed E-state index contributed by atoms with van der Waals surface area (Å²) in [6, 6.07) is 17.5. The van der Waals surface area contributed by atoms with E-state index in [-0.39, 0.29) is 17.1 Å². The van der Waals surface area contributed by atoms with Gasteiger partial charge in [-0.3, -0.25) is 9.59 Å². The van der Waals surface area contributed by atoms with Crippen LogP contribution in [0, 0.1) is 20.8 Å². The van der Waals surface area contributed by atoms with Gasteiger partial charge in [-0.05, 0) is 60.9 Å². The number of carbonyl (C=O) groups is 2. The summed E-state index contributed by atoms with van der Waals surface area (Å²) in [6.45, 7) is 6.19. The SMILES string of the molecule is Cc1cc(C)c(-c2nc3sc(C=C4C(=O)c5cc6ccccc6cc5C4=O)cc3o2)c(C)c1. The summed E-state index contributed by atoms with van der Waals surface area (Å²) in [4.78, 5) is 32.3. The van der Waals surface area contributed by atoms with Crippen molar-refractivity contribution in [3.05, 3.63) is 92.9 Å². The molecule has 33 heavy (non-hydrogen) atoms. The molecule has 0 unspecified atom stereocenters. The van der Waals surface area contributed by atoms with Gasteiger partial charge in [-0.2, -0.15) is 4.98 Å². The molecular formula is C28H19NO3S. The van der Waals surface area contributed by atoms with E-state index in [1.807, 2.05) is 42.5 Å². The van der Waals surface area contributed by atoms with Crippen LogP contribution in [0.5, 0.6) is 0 Å². The van der Waals surface area contributed by atoms with Crippen LogP contribution in [0.15, 0.2) is 64.6 Å². The van der Waals surface area contributed by atoms with Gasteiger partial charge in [0.1, 0.15) is 0 Å². The maximum absolute atomic E-state index is 13.0. The Balaban J connectivity index is 1.39. The van der Waals surface area contributed by atoms with Crippen LogP contribution in [0.1, 0.15) is 42.3 Å². The van der Waals surface area contributed by atoms with Gasteiger partial charge in [0, 0.05) is 27.6 Å². The van der Waals surface area contributed by atoms with Gasteiger partial charge in [-0.25, -0.2) is 0 Å². The van der Waals surface area contributed by atoms with E-state index in [2.05, 4.69) is 32.9 Å². The van der Waals surface area contributed by atoms with Gasteiger partial charge in [0.05, 0.1) is 5.57 Å². The van der Waals surface area contributed by atoms with Crippen molar-refractivity contribution in [2.75, 3.05) is 0 Å². The summed E-state index contributed by atoms with van der Waals surface area (Å²) in [5.41, 5.74) is 6.24. The highest BCUT2D eigenvalue weighted by molar-refractivity contribution is 7.19. The molecule has 5 heteroatoms. The maximum Gasteiger partial charge on any atom is 0.228 e. The lowest BCUT2D eigenvalue weighted by molar-refractivity contribution is 0.0990. The average molecular weight is 450 g/mol. The molecule has 0 atom stereocenters. The number of thiophene rings is 1. The molecule has 0 spiro atoms. The zero-order valence-electron chi connectivity index (χ0n) is 18.4. The summed E-state index contributed by atoms with van der Waals surface area (Å²) in [6.07, 6.45) is 1.67. The van der Waals surface area contributed by atoms with E-state index in [4.69, 9.17) is 9.40 Å². The number of aromatic nitrogens is 1. The zero-order valence-corrected chi connectivity index (χ0v) is 19.2. The van der Waals surface area contributed by atoms with Gasteiger partial charge < -0.3 is 4.42 Å². The molecule has 0 aliphatic heterocycles. The van der Waals surface area contributed by atoms with Gasteiger partial charge in [0.2, 0.25) is 5.89 Å². The summed E-state index contributed by atoms with van der Waals surface area (Å²) in [5.74, 6) is 0.133.